The molecule has 0 atom stereocenters. The predicted molar refractivity (Wildman–Crippen MR) is 89.2 cm³/mol. The van der Waals surface area contributed by atoms with Crippen molar-refractivity contribution in [1.82, 2.24) is 9.59 Å². The maximum atomic E-state index is 13.0. The number of aromatic nitrogens is 2. The molecule has 116 valence electrons. The summed E-state index contributed by atoms with van der Waals surface area (Å²) < 4.78 is 16.9. The minimum Gasteiger partial charge on any atom is -0.321 e. The van der Waals surface area contributed by atoms with Gasteiger partial charge in [-0.25, -0.2) is 4.39 Å². The summed E-state index contributed by atoms with van der Waals surface area (Å²) in [5.74, 6) is -0.605. The van der Waals surface area contributed by atoms with Gasteiger partial charge in [-0.05, 0) is 66.8 Å². The topological polar surface area (TPSA) is 54.9 Å². The first-order valence-corrected chi connectivity index (χ1v) is 7.79. The van der Waals surface area contributed by atoms with Crippen LogP contribution in [0.5, 0.6) is 0 Å². The van der Waals surface area contributed by atoms with Crippen molar-refractivity contribution < 1.29 is 9.18 Å². The van der Waals surface area contributed by atoms with E-state index in [9.17, 15) is 9.18 Å². The van der Waals surface area contributed by atoms with Crippen LogP contribution in [-0.2, 0) is 0 Å². The molecule has 0 radical (unpaired) electrons. The van der Waals surface area contributed by atoms with Gasteiger partial charge in [0.25, 0.3) is 5.91 Å². The smallest absolute Gasteiger partial charge is 0.269 e. The minimum atomic E-state index is -0.335. The van der Waals surface area contributed by atoms with E-state index < -0.39 is 0 Å². The molecular weight excluding hydrogens is 313 g/mol. The van der Waals surface area contributed by atoms with E-state index in [0.717, 1.165) is 28.3 Å². The number of hydrogen-bond acceptors (Lipinski definition) is 4. The van der Waals surface area contributed by atoms with Crippen molar-refractivity contribution in [2.24, 2.45) is 0 Å². The van der Waals surface area contributed by atoms with Crippen LogP contribution in [0.15, 0.2) is 42.5 Å². The lowest BCUT2D eigenvalue weighted by molar-refractivity contribution is 0.103. The Morgan fingerprint density at radius 2 is 1.87 bits per heavy atom. The van der Waals surface area contributed by atoms with Crippen LogP contribution in [-0.4, -0.2) is 15.5 Å². The average Bonchev–Trinajstić information content (AvgIpc) is 3.02. The number of rotatable bonds is 3. The fourth-order valence-corrected chi connectivity index (χ4v) is 2.79. The first-order chi connectivity index (χ1) is 11.1. The Labute approximate surface area is 137 Å². The molecular formula is C17H14FN3OS. The normalized spacial score (nSPS) is 10.6. The van der Waals surface area contributed by atoms with Crippen molar-refractivity contribution in [1.29, 1.82) is 0 Å². The highest BCUT2D eigenvalue weighted by Gasteiger charge is 2.18. The molecule has 0 saturated heterocycles. The van der Waals surface area contributed by atoms with E-state index in [0.29, 0.717) is 16.1 Å². The number of amides is 1. The quantitative estimate of drug-likeness (QED) is 0.784. The number of halogens is 1. The van der Waals surface area contributed by atoms with Crippen LogP contribution in [0.4, 0.5) is 10.1 Å². The molecule has 4 nitrogen and oxygen atoms in total. The van der Waals surface area contributed by atoms with Gasteiger partial charge in [0, 0.05) is 11.3 Å². The van der Waals surface area contributed by atoms with Crippen molar-refractivity contribution in [3.05, 3.63) is 64.3 Å². The van der Waals surface area contributed by atoms with E-state index in [-0.39, 0.29) is 11.7 Å². The van der Waals surface area contributed by atoms with Gasteiger partial charge < -0.3 is 5.32 Å². The van der Waals surface area contributed by atoms with Gasteiger partial charge in [-0.1, -0.05) is 16.6 Å². The van der Waals surface area contributed by atoms with Gasteiger partial charge in [-0.2, -0.15) is 0 Å². The van der Waals surface area contributed by atoms with Crippen LogP contribution in [0.1, 0.15) is 20.8 Å². The molecule has 0 saturated carbocycles. The first kappa shape index (κ1) is 15.3. The van der Waals surface area contributed by atoms with Crippen molar-refractivity contribution in [3.8, 4) is 11.3 Å². The Bertz CT molecular complexity index is 859. The molecule has 2 aromatic carbocycles. The second-order valence-corrected chi connectivity index (χ2v) is 5.91. The molecule has 23 heavy (non-hydrogen) atoms. The molecule has 3 rings (SSSR count). The number of carbonyl (C=O) groups is 1. The fraction of sp³-hybridized carbons (Fsp3) is 0.118. The molecule has 0 spiro atoms. The zero-order valence-electron chi connectivity index (χ0n) is 12.6. The summed E-state index contributed by atoms with van der Waals surface area (Å²) in [6.07, 6.45) is 0. The highest BCUT2D eigenvalue weighted by Crippen LogP contribution is 2.26. The van der Waals surface area contributed by atoms with Crippen molar-refractivity contribution >= 4 is 23.1 Å². The van der Waals surface area contributed by atoms with Gasteiger partial charge in [0.1, 0.15) is 16.4 Å². The van der Waals surface area contributed by atoms with Crippen LogP contribution in [0.3, 0.4) is 0 Å². The number of aryl methyl sites for hydroxylation is 1. The molecule has 0 fully saturated rings. The molecule has 1 amide bonds. The third-order valence-corrected chi connectivity index (χ3v) is 4.39. The van der Waals surface area contributed by atoms with E-state index in [1.807, 2.05) is 32.0 Å². The van der Waals surface area contributed by atoms with Crippen LogP contribution < -0.4 is 5.32 Å². The number of nitrogens with zero attached hydrogens (tertiary/aromatic N) is 2. The van der Waals surface area contributed by atoms with Crippen LogP contribution in [0, 0.1) is 19.7 Å². The van der Waals surface area contributed by atoms with E-state index >= 15 is 0 Å². The van der Waals surface area contributed by atoms with Crippen molar-refractivity contribution in [2.45, 2.75) is 13.8 Å². The van der Waals surface area contributed by atoms with E-state index in [1.165, 1.54) is 12.1 Å². The Morgan fingerprint density at radius 3 is 2.61 bits per heavy atom. The summed E-state index contributed by atoms with van der Waals surface area (Å²) in [4.78, 5) is 12.9. The summed E-state index contributed by atoms with van der Waals surface area (Å²) in [6.45, 7) is 3.94. The van der Waals surface area contributed by atoms with E-state index in [1.54, 1.807) is 12.1 Å². The number of carbonyl (C=O) groups excluding carboxylic acids is 1. The lowest BCUT2D eigenvalue weighted by Crippen LogP contribution is -2.12. The molecule has 1 heterocycles. The third kappa shape index (κ3) is 3.12. The van der Waals surface area contributed by atoms with Gasteiger partial charge in [-0.15, -0.1) is 5.10 Å². The maximum Gasteiger partial charge on any atom is 0.269 e. The molecule has 3 aromatic rings. The highest BCUT2D eigenvalue weighted by molar-refractivity contribution is 7.08. The average molecular weight is 327 g/mol. The summed E-state index contributed by atoms with van der Waals surface area (Å²) >= 11 is 1.02. The molecule has 0 aliphatic carbocycles. The number of hydrogen-bond donors (Lipinski definition) is 1. The van der Waals surface area contributed by atoms with Gasteiger partial charge in [0.15, 0.2) is 0 Å². The van der Waals surface area contributed by atoms with Gasteiger partial charge in [0.2, 0.25) is 0 Å². The molecule has 0 aliphatic rings. The molecule has 1 N–H and O–H groups in total. The second kappa shape index (κ2) is 6.26. The zero-order chi connectivity index (χ0) is 16.4. The third-order valence-electron chi connectivity index (χ3n) is 3.66. The molecule has 6 heteroatoms. The maximum absolute atomic E-state index is 13.0. The Balaban J connectivity index is 1.91. The SMILES string of the molecule is Cc1cccc(NC(=O)c2snnc2-c2ccc(F)cc2)c1C. The molecule has 1 aromatic heterocycles. The molecule has 0 bridgehead atoms. The summed E-state index contributed by atoms with van der Waals surface area (Å²) in [7, 11) is 0. The minimum absolute atomic E-state index is 0.270. The largest absolute Gasteiger partial charge is 0.321 e. The first-order valence-electron chi connectivity index (χ1n) is 7.02. The standard InChI is InChI=1S/C17H14FN3OS/c1-10-4-3-5-14(11(10)2)19-17(22)16-15(20-21-23-16)12-6-8-13(18)9-7-12/h3-9H,1-2H3,(H,19,22). The predicted octanol–water partition coefficient (Wildman–Crippen LogP) is 4.21. The van der Waals surface area contributed by atoms with Gasteiger partial charge in [-0.3, -0.25) is 4.79 Å². The van der Waals surface area contributed by atoms with Gasteiger partial charge in [0.05, 0.1) is 0 Å². The van der Waals surface area contributed by atoms with Crippen LogP contribution in [0.2, 0.25) is 0 Å². The summed E-state index contributed by atoms with van der Waals surface area (Å²) in [6, 6.07) is 11.6. The number of nitrogens with one attached hydrogen (secondary N) is 1. The lowest BCUT2D eigenvalue weighted by atomic mass is 10.1. The van der Waals surface area contributed by atoms with Crippen molar-refractivity contribution in [3.63, 3.8) is 0 Å². The molecule has 0 unspecified atom stereocenters. The highest BCUT2D eigenvalue weighted by atomic mass is 32.1. The van der Waals surface area contributed by atoms with E-state index in [4.69, 9.17) is 0 Å². The Kier molecular flexibility index (Phi) is 4.16. The number of anilines is 1. The van der Waals surface area contributed by atoms with E-state index in [2.05, 4.69) is 14.9 Å². The lowest BCUT2D eigenvalue weighted by Gasteiger charge is -2.09. The summed E-state index contributed by atoms with van der Waals surface area (Å²) in [5.41, 5.74) is 3.99. The van der Waals surface area contributed by atoms with Crippen LogP contribution in [0.25, 0.3) is 11.3 Å². The van der Waals surface area contributed by atoms with Crippen molar-refractivity contribution in [2.75, 3.05) is 5.32 Å². The Morgan fingerprint density at radius 1 is 1.13 bits per heavy atom. The molecule has 0 aliphatic heterocycles. The summed E-state index contributed by atoms with van der Waals surface area (Å²) in [5, 5.41) is 6.90. The van der Waals surface area contributed by atoms with Crippen LogP contribution >= 0.6 is 11.5 Å². The second-order valence-electron chi connectivity index (χ2n) is 5.16. The number of benzene rings is 2. The Hall–Kier alpha value is -2.60. The zero-order valence-corrected chi connectivity index (χ0v) is 13.4. The monoisotopic (exact) mass is 327 g/mol. The fourth-order valence-electron chi connectivity index (χ4n) is 2.20. The van der Waals surface area contributed by atoms with Gasteiger partial charge >= 0.3 is 0 Å².